The molecule has 1 aromatic rings. The maximum Gasteiger partial charge on any atom is 0.342 e. The van der Waals surface area contributed by atoms with Gasteiger partial charge in [0.2, 0.25) is 5.88 Å². The first-order chi connectivity index (χ1) is 5.66. The molecule has 0 radical (unpaired) electrons. The molecule has 1 rings (SSSR count). The number of pyridine rings is 1. The summed E-state index contributed by atoms with van der Waals surface area (Å²) in [6.07, 6.45) is 1.38. The van der Waals surface area contributed by atoms with Crippen LogP contribution in [0.2, 0.25) is 5.02 Å². The third-order valence-electron chi connectivity index (χ3n) is 1.27. The first-order valence-electron chi connectivity index (χ1n) is 3.08. The lowest BCUT2D eigenvalue weighted by atomic mass is 10.3. The predicted molar refractivity (Wildman–Crippen MR) is 42.8 cm³/mol. The second-order valence-corrected chi connectivity index (χ2v) is 2.39. The van der Waals surface area contributed by atoms with E-state index < -0.39 is 5.97 Å². The Morgan fingerprint density at radius 2 is 2.42 bits per heavy atom. The van der Waals surface area contributed by atoms with Crippen molar-refractivity contribution < 1.29 is 14.6 Å². The summed E-state index contributed by atoms with van der Waals surface area (Å²) in [7, 11) is 1.34. The number of nitrogens with zero attached hydrogens (tertiary/aromatic N) is 1. The lowest BCUT2D eigenvalue weighted by molar-refractivity contribution is 0.0692. The van der Waals surface area contributed by atoms with Crippen molar-refractivity contribution in [2.75, 3.05) is 7.11 Å². The molecule has 0 aromatic carbocycles. The summed E-state index contributed by atoms with van der Waals surface area (Å²) in [4.78, 5) is 14.3. The zero-order chi connectivity index (χ0) is 9.14. The molecule has 0 spiro atoms. The van der Waals surface area contributed by atoms with Gasteiger partial charge in [-0.15, -0.1) is 0 Å². The fourth-order valence-electron chi connectivity index (χ4n) is 0.769. The van der Waals surface area contributed by atoms with Crippen LogP contribution in [-0.4, -0.2) is 23.2 Å². The van der Waals surface area contributed by atoms with Gasteiger partial charge in [0.25, 0.3) is 0 Å². The van der Waals surface area contributed by atoms with E-state index in [2.05, 4.69) is 4.98 Å². The molecule has 1 N–H and O–H groups in total. The third kappa shape index (κ3) is 1.48. The van der Waals surface area contributed by atoms with Crippen molar-refractivity contribution in [2.45, 2.75) is 0 Å². The fourth-order valence-corrected chi connectivity index (χ4v) is 0.987. The van der Waals surface area contributed by atoms with Crippen LogP contribution in [0.5, 0.6) is 5.88 Å². The highest BCUT2D eigenvalue weighted by atomic mass is 35.5. The number of carboxylic acid groups (broad SMARTS) is 1. The zero-order valence-corrected chi connectivity index (χ0v) is 7.00. The van der Waals surface area contributed by atoms with Crippen molar-refractivity contribution in [3.8, 4) is 5.88 Å². The molecule has 0 saturated carbocycles. The summed E-state index contributed by atoms with van der Waals surface area (Å²) in [6.45, 7) is 0. The third-order valence-corrected chi connectivity index (χ3v) is 1.59. The van der Waals surface area contributed by atoms with Crippen LogP contribution in [0.1, 0.15) is 10.4 Å². The minimum Gasteiger partial charge on any atom is -0.480 e. The predicted octanol–water partition coefficient (Wildman–Crippen LogP) is 1.44. The van der Waals surface area contributed by atoms with Crippen molar-refractivity contribution in [2.24, 2.45) is 0 Å². The highest BCUT2D eigenvalue weighted by Crippen LogP contribution is 2.22. The van der Waals surface area contributed by atoms with Gasteiger partial charge in [-0.1, -0.05) is 11.6 Å². The normalized spacial score (nSPS) is 9.50. The number of carbonyl (C=O) groups is 1. The number of carboxylic acids is 1. The molecule has 1 aromatic heterocycles. The maximum absolute atomic E-state index is 10.6. The Kier molecular flexibility index (Phi) is 2.50. The molecule has 1 heterocycles. The lowest BCUT2D eigenvalue weighted by Gasteiger charge is -2.03. The van der Waals surface area contributed by atoms with E-state index in [9.17, 15) is 4.79 Å². The molecular weight excluding hydrogens is 182 g/mol. The number of hydrogen-bond acceptors (Lipinski definition) is 3. The van der Waals surface area contributed by atoms with E-state index in [0.717, 1.165) is 0 Å². The first kappa shape index (κ1) is 8.80. The fraction of sp³-hybridized carbons (Fsp3) is 0.143. The largest absolute Gasteiger partial charge is 0.480 e. The topological polar surface area (TPSA) is 59.4 Å². The van der Waals surface area contributed by atoms with E-state index in [0.29, 0.717) is 0 Å². The van der Waals surface area contributed by atoms with E-state index in [4.69, 9.17) is 21.4 Å². The molecule has 0 aliphatic heterocycles. The number of aromatic nitrogens is 1. The average molecular weight is 188 g/mol. The Hall–Kier alpha value is -1.29. The van der Waals surface area contributed by atoms with Gasteiger partial charge in [0.05, 0.1) is 12.1 Å². The summed E-state index contributed by atoms with van der Waals surface area (Å²) < 4.78 is 4.71. The maximum atomic E-state index is 10.6. The van der Waals surface area contributed by atoms with Gasteiger partial charge in [0.15, 0.2) is 0 Å². The van der Waals surface area contributed by atoms with Crippen LogP contribution in [0, 0.1) is 0 Å². The van der Waals surface area contributed by atoms with Crippen LogP contribution in [0.15, 0.2) is 12.3 Å². The summed E-state index contributed by atoms with van der Waals surface area (Å²) in [5.74, 6) is -1.13. The number of ether oxygens (including phenoxy) is 1. The summed E-state index contributed by atoms with van der Waals surface area (Å²) >= 11 is 5.60. The Balaban J connectivity index is 3.29. The molecule has 5 heteroatoms. The number of rotatable bonds is 2. The van der Waals surface area contributed by atoms with Gasteiger partial charge < -0.3 is 9.84 Å². The van der Waals surface area contributed by atoms with Crippen LogP contribution in [0.25, 0.3) is 0 Å². The Bertz CT molecular complexity index is 314. The molecule has 0 aliphatic rings. The van der Waals surface area contributed by atoms with Crippen molar-refractivity contribution in [3.05, 3.63) is 22.8 Å². The second kappa shape index (κ2) is 3.40. The van der Waals surface area contributed by atoms with Crippen LogP contribution in [-0.2, 0) is 0 Å². The molecule has 0 amide bonds. The van der Waals surface area contributed by atoms with Crippen LogP contribution in [0.3, 0.4) is 0 Å². The zero-order valence-electron chi connectivity index (χ0n) is 6.24. The van der Waals surface area contributed by atoms with Gasteiger partial charge in [0.1, 0.15) is 5.56 Å². The standard InChI is InChI=1S/C7H6ClNO3/c1-12-6-5(7(10)11)4(8)2-3-9-6/h2-3H,1H3,(H,10,11). The van der Waals surface area contributed by atoms with Crippen LogP contribution in [0.4, 0.5) is 0 Å². The van der Waals surface area contributed by atoms with E-state index in [1.165, 1.54) is 19.4 Å². The number of aromatic carboxylic acids is 1. The highest BCUT2D eigenvalue weighted by molar-refractivity contribution is 6.33. The van der Waals surface area contributed by atoms with Gasteiger partial charge in [-0.05, 0) is 6.07 Å². The molecule has 0 bridgehead atoms. The van der Waals surface area contributed by atoms with Gasteiger partial charge in [0, 0.05) is 6.20 Å². The summed E-state index contributed by atoms with van der Waals surface area (Å²) in [5, 5.41) is 8.79. The van der Waals surface area contributed by atoms with Crippen LogP contribution < -0.4 is 4.74 Å². The molecule has 64 valence electrons. The smallest absolute Gasteiger partial charge is 0.342 e. The molecule has 0 fully saturated rings. The van der Waals surface area contributed by atoms with E-state index >= 15 is 0 Å². The van der Waals surface area contributed by atoms with Gasteiger partial charge in [-0.25, -0.2) is 9.78 Å². The van der Waals surface area contributed by atoms with E-state index in [1.54, 1.807) is 0 Å². The molecule has 0 unspecified atom stereocenters. The molecular formula is C7H6ClNO3. The number of hydrogen-bond donors (Lipinski definition) is 1. The highest BCUT2D eigenvalue weighted by Gasteiger charge is 2.15. The summed E-state index contributed by atoms with van der Waals surface area (Å²) in [6, 6.07) is 1.40. The quantitative estimate of drug-likeness (QED) is 0.761. The minimum atomic E-state index is -1.15. The molecule has 0 aliphatic carbocycles. The van der Waals surface area contributed by atoms with E-state index in [1.807, 2.05) is 0 Å². The van der Waals surface area contributed by atoms with E-state index in [-0.39, 0.29) is 16.5 Å². The molecule has 4 nitrogen and oxygen atoms in total. The minimum absolute atomic E-state index is 0.0231. The van der Waals surface area contributed by atoms with Crippen molar-refractivity contribution >= 4 is 17.6 Å². The Morgan fingerprint density at radius 3 is 2.83 bits per heavy atom. The molecule has 12 heavy (non-hydrogen) atoms. The van der Waals surface area contributed by atoms with Crippen molar-refractivity contribution in [3.63, 3.8) is 0 Å². The number of halogens is 1. The van der Waals surface area contributed by atoms with Crippen molar-refractivity contribution in [1.82, 2.24) is 4.98 Å². The van der Waals surface area contributed by atoms with Crippen molar-refractivity contribution in [1.29, 1.82) is 0 Å². The average Bonchev–Trinajstić information content (AvgIpc) is 2.03. The van der Waals surface area contributed by atoms with Crippen LogP contribution >= 0.6 is 11.6 Å². The second-order valence-electron chi connectivity index (χ2n) is 1.98. The monoisotopic (exact) mass is 187 g/mol. The van der Waals surface area contributed by atoms with Gasteiger partial charge in [-0.2, -0.15) is 0 Å². The lowest BCUT2D eigenvalue weighted by Crippen LogP contribution is -2.02. The van der Waals surface area contributed by atoms with Gasteiger partial charge in [-0.3, -0.25) is 0 Å². The first-order valence-corrected chi connectivity index (χ1v) is 3.46. The molecule has 0 saturated heterocycles. The summed E-state index contributed by atoms with van der Waals surface area (Å²) in [5.41, 5.74) is -0.110. The Morgan fingerprint density at radius 1 is 1.75 bits per heavy atom. The molecule has 0 atom stereocenters. The SMILES string of the molecule is COc1nccc(Cl)c1C(=O)O. The Labute approximate surface area is 73.8 Å². The number of methoxy groups -OCH3 is 1. The van der Waals surface area contributed by atoms with Gasteiger partial charge >= 0.3 is 5.97 Å².